The molecule has 0 aliphatic carbocycles. The molecule has 0 bridgehead atoms. The van der Waals surface area contributed by atoms with Gasteiger partial charge in [0, 0.05) is 39.0 Å². The molecule has 2 heterocycles. The summed E-state index contributed by atoms with van der Waals surface area (Å²) in [5.41, 5.74) is 2.64. The van der Waals surface area contributed by atoms with Gasteiger partial charge >= 0.3 is 0 Å². The summed E-state index contributed by atoms with van der Waals surface area (Å²) < 4.78 is 1.88. The van der Waals surface area contributed by atoms with Crippen molar-refractivity contribution in [2.24, 2.45) is 0 Å². The normalized spacial score (nSPS) is 15.5. The fourth-order valence-electron chi connectivity index (χ4n) is 4.30. The molecule has 3 aromatic rings. The van der Waals surface area contributed by atoms with Crippen LogP contribution in [0.3, 0.4) is 0 Å². The molecule has 1 N–H and O–H groups in total. The highest BCUT2D eigenvalue weighted by Gasteiger charge is 2.43. The third kappa shape index (κ3) is 4.68. The van der Waals surface area contributed by atoms with Gasteiger partial charge in [-0.15, -0.1) is 0 Å². The molecule has 0 radical (unpaired) electrons. The Balaban J connectivity index is 1.44. The molecule has 6 heteroatoms. The lowest BCUT2D eigenvalue weighted by Gasteiger charge is -2.40. The van der Waals surface area contributed by atoms with E-state index in [0.717, 1.165) is 23.2 Å². The molecule has 31 heavy (non-hydrogen) atoms. The minimum Gasteiger partial charge on any atom is -0.351 e. The van der Waals surface area contributed by atoms with E-state index in [4.69, 9.17) is 0 Å². The fraction of sp³-hybridized carbons (Fsp3) is 0.320. The Bertz CT molecular complexity index is 1010. The number of rotatable bonds is 6. The standard InChI is InChI=1S/C25H28N4O2/c1-20(30)28-16-12-25(13-17-28,23-6-3-2-4-7-23)24(31)26-18-21-8-10-22(11-9-21)19-29-15-5-14-27-29/h2-11,14-15H,12-13,16-19H2,1H3,(H,26,31). The monoisotopic (exact) mass is 416 g/mol. The summed E-state index contributed by atoms with van der Waals surface area (Å²) in [4.78, 5) is 27.0. The molecule has 160 valence electrons. The maximum absolute atomic E-state index is 13.4. The fourth-order valence-corrected chi connectivity index (χ4v) is 4.30. The van der Waals surface area contributed by atoms with Gasteiger partial charge in [-0.25, -0.2) is 0 Å². The van der Waals surface area contributed by atoms with Gasteiger partial charge < -0.3 is 10.2 Å². The third-order valence-electron chi connectivity index (χ3n) is 6.20. The van der Waals surface area contributed by atoms with Crippen LogP contribution >= 0.6 is 0 Å². The Kier molecular flexibility index (Phi) is 6.16. The third-order valence-corrected chi connectivity index (χ3v) is 6.20. The predicted molar refractivity (Wildman–Crippen MR) is 119 cm³/mol. The Morgan fingerprint density at radius 3 is 2.26 bits per heavy atom. The van der Waals surface area contributed by atoms with Crippen LogP contribution in [-0.2, 0) is 28.1 Å². The molecule has 0 spiro atoms. The first-order valence-electron chi connectivity index (χ1n) is 10.7. The summed E-state index contributed by atoms with van der Waals surface area (Å²) in [6.07, 6.45) is 4.97. The molecule has 1 aliphatic heterocycles. The minimum atomic E-state index is -0.604. The van der Waals surface area contributed by atoms with Gasteiger partial charge in [-0.3, -0.25) is 14.3 Å². The van der Waals surface area contributed by atoms with Crippen LogP contribution in [0.2, 0.25) is 0 Å². The van der Waals surface area contributed by atoms with Crippen LogP contribution in [0.4, 0.5) is 0 Å². The lowest BCUT2D eigenvalue weighted by molar-refractivity contribution is -0.135. The van der Waals surface area contributed by atoms with Gasteiger partial charge in [-0.05, 0) is 35.6 Å². The number of piperidine rings is 1. The number of amides is 2. The molecule has 6 nitrogen and oxygen atoms in total. The number of hydrogen-bond acceptors (Lipinski definition) is 3. The van der Waals surface area contributed by atoms with Crippen molar-refractivity contribution in [1.29, 1.82) is 0 Å². The molecule has 1 fully saturated rings. The average Bonchev–Trinajstić information content (AvgIpc) is 3.32. The van der Waals surface area contributed by atoms with Gasteiger partial charge in [-0.2, -0.15) is 5.10 Å². The molecule has 2 aromatic carbocycles. The van der Waals surface area contributed by atoms with Crippen LogP contribution in [0, 0.1) is 0 Å². The van der Waals surface area contributed by atoms with Crippen LogP contribution in [0.1, 0.15) is 36.5 Å². The number of benzene rings is 2. The van der Waals surface area contributed by atoms with E-state index >= 15 is 0 Å². The largest absolute Gasteiger partial charge is 0.351 e. The van der Waals surface area contributed by atoms with Crippen LogP contribution in [-0.4, -0.2) is 39.6 Å². The van der Waals surface area contributed by atoms with E-state index in [1.165, 1.54) is 0 Å². The van der Waals surface area contributed by atoms with Crippen LogP contribution in [0.25, 0.3) is 0 Å². The number of carbonyl (C=O) groups is 2. The first kappa shape index (κ1) is 20.8. The van der Waals surface area contributed by atoms with E-state index < -0.39 is 5.41 Å². The summed E-state index contributed by atoms with van der Waals surface area (Å²) in [5.74, 6) is 0.0970. The van der Waals surface area contributed by atoms with Gasteiger partial charge in [0.1, 0.15) is 0 Å². The Morgan fingerprint density at radius 1 is 0.968 bits per heavy atom. The van der Waals surface area contributed by atoms with Crippen LogP contribution in [0.15, 0.2) is 73.1 Å². The van der Waals surface area contributed by atoms with E-state index in [9.17, 15) is 9.59 Å². The lowest BCUT2D eigenvalue weighted by atomic mass is 9.72. The number of likely N-dealkylation sites (tertiary alicyclic amines) is 1. The zero-order chi connectivity index (χ0) is 21.7. The average molecular weight is 417 g/mol. The van der Waals surface area contributed by atoms with Crippen molar-refractivity contribution >= 4 is 11.8 Å². The van der Waals surface area contributed by atoms with Crippen molar-refractivity contribution in [2.45, 2.75) is 38.3 Å². The Morgan fingerprint density at radius 2 is 1.65 bits per heavy atom. The van der Waals surface area contributed by atoms with Gasteiger partial charge in [-0.1, -0.05) is 54.6 Å². The van der Waals surface area contributed by atoms with E-state index in [2.05, 4.69) is 22.5 Å². The highest BCUT2D eigenvalue weighted by Crippen LogP contribution is 2.36. The number of carbonyl (C=O) groups excluding carboxylic acids is 2. The van der Waals surface area contributed by atoms with Gasteiger partial charge in [0.05, 0.1) is 12.0 Å². The molecule has 0 saturated carbocycles. The highest BCUT2D eigenvalue weighted by atomic mass is 16.2. The molecule has 1 aliphatic rings. The summed E-state index contributed by atoms with van der Waals surface area (Å²) in [6, 6.07) is 20.1. The van der Waals surface area contributed by atoms with Crippen molar-refractivity contribution in [3.8, 4) is 0 Å². The summed E-state index contributed by atoms with van der Waals surface area (Å²) in [7, 11) is 0. The molecule has 2 amide bonds. The molecule has 0 unspecified atom stereocenters. The Labute approximate surface area is 182 Å². The first-order chi connectivity index (χ1) is 15.1. The van der Waals surface area contributed by atoms with E-state index in [-0.39, 0.29) is 11.8 Å². The zero-order valence-corrected chi connectivity index (χ0v) is 17.8. The quantitative estimate of drug-likeness (QED) is 0.671. The van der Waals surface area contributed by atoms with E-state index in [1.807, 2.05) is 64.3 Å². The SMILES string of the molecule is CC(=O)N1CCC(C(=O)NCc2ccc(Cn3cccn3)cc2)(c2ccccc2)CC1. The molecule has 1 saturated heterocycles. The van der Waals surface area contributed by atoms with Crippen molar-refractivity contribution < 1.29 is 9.59 Å². The summed E-state index contributed by atoms with van der Waals surface area (Å²) in [6.45, 7) is 3.99. The van der Waals surface area contributed by atoms with Crippen molar-refractivity contribution in [3.63, 3.8) is 0 Å². The summed E-state index contributed by atoms with van der Waals surface area (Å²) in [5, 5.41) is 7.39. The zero-order valence-electron chi connectivity index (χ0n) is 17.8. The maximum atomic E-state index is 13.4. The van der Waals surface area contributed by atoms with E-state index in [0.29, 0.717) is 32.5 Å². The lowest BCUT2D eigenvalue weighted by Crippen LogP contribution is -2.52. The number of aromatic nitrogens is 2. The predicted octanol–water partition coefficient (Wildman–Crippen LogP) is 3.13. The second-order valence-corrected chi connectivity index (χ2v) is 8.16. The second kappa shape index (κ2) is 9.16. The molecular weight excluding hydrogens is 388 g/mol. The number of nitrogens with one attached hydrogen (secondary N) is 1. The molecule has 0 atom stereocenters. The van der Waals surface area contributed by atoms with Gasteiger partial charge in [0.2, 0.25) is 11.8 Å². The second-order valence-electron chi connectivity index (χ2n) is 8.16. The smallest absolute Gasteiger partial charge is 0.231 e. The van der Waals surface area contributed by atoms with Crippen molar-refractivity contribution in [2.75, 3.05) is 13.1 Å². The number of nitrogens with zero attached hydrogens (tertiary/aromatic N) is 3. The van der Waals surface area contributed by atoms with Crippen molar-refractivity contribution in [1.82, 2.24) is 20.0 Å². The number of hydrogen-bond donors (Lipinski definition) is 1. The highest BCUT2D eigenvalue weighted by molar-refractivity contribution is 5.88. The molecular formula is C25H28N4O2. The van der Waals surface area contributed by atoms with E-state index in [1.54, 1.807) is 13.1 Å². The Hall–Kier alpha value is -3.41. The van der Waals surface area contributed by atoms with Crippen LogP contribution < -0.4 is 5.32 Å². The summed E-state index contributed by atoms with van der Waals surface area (Å²) >= 11 is 0. The van der Waals surface area contributed by atoms with Crippen molar-refractivity contribution in [3.05, 3.63) is 89.7 Å². The van der Waals surface area contributed by atoms with Gasteiger partial charge in [0.15, 0.2) is 0 Å². The molecule has 1 aromatic heterocycles. The first-order valence-corrected chi connectivity index (χ1v) is 10.7. The maximum Gasteiger partial charge on any atom is 0.231 e. The van der Waals surface area contributed by atoms with Gasteiger partial charge in [0.25, 0.3) is 0 Å². The topological polar surface area (TPSA) is 67.2 Å². The molecule has 4 rings (SSSR count). The van der Waals surface area contributed by atoms with Crippen LogP contribution in [0.5, 0.6) is 0 Å². The minimum absolute atomic E-state index is 0.0301.